The highest BCUT2D eigenvalue weighted by atomic mass is 16.5. The lowest BCUT2D eigenvalue weighted by molar-refractivity contribution is -0.135. The molecule has 1 amide bonds. The Labute approximate surface area is 121 Å². The van der Waals surface area contributed by atoms with Crippen molar-refractivity contribution in [3.05, 3.63) is 0 Å². The van der Waals surface area contributed by atoms with E-state index in [0.717, 1.165) is 71.5 Å². The summed E-state index contributed by atoms with van der Waals surface area (Å²) in [5, 5.41) is 0. The van der Waals surface area contributed by atoms with Gasteiger partial charge in [-0.2, -0.15) is 0 Å². The molecule has 3 unspecified atom stereocenters. The fraction of sp³-hybridized carbons (Fsp3) is 0.933. The molecule has 2 aliphatic heterocycles. The van der Waals surface area contributed by atoms with Gasteiger partial charge in [0.2, 0.25) is 5.91 Å². The van der Waals surface area contributed by atoms with Crippen molar-refractivity contribution in [2.24, 2.45) is 11.7 Å². The highest BCUT2D eigenvalue weighted by Gasteiger charge is 2.35. The predicted molar refractivity (Wildman–Crippen MR) is 77.3 cm³/mol. The summed E-state index contributed by atoms with van der Waals surface area (Å²) in [4.78, 5) is 17.2. The summed E-state index contributed by atoms with van der Waals surface area (Å²) in [5.74, 6) is 0.540. The van der Waals surface area contributed by atoms with Crippen LogP contribution in [-0.4, -0.2) is 67.2 Å². The lowest BCUT2D eigenvalue weighted by atomic mass is 9.85. The normalized spacial score (nSPS) is 36.2. The number of nitrogens with zero attached hydrogens (tertiary/aromatic N) is 2. The topological polar surface area (TPSA) is 58.8 Å². The Hall–Kier alpha value is -0.650. The summed E-state index contributed by atoms with van der Waals surface area (Å²) in [6.45, 7) is 5.53. The molecule has 114 valence electrons. The summed E-state index contributed by atoms with van der Waals surface area (Å²) in [7, 11) is 0. The van der Waals surface area contributed by atoms with Gasteiger partial charge in [-0.05, 0) is 25.7 Å². The highest BCUT2D eigenvalue weighted by molar-refractivity contribution is 5.79. The Morgan fingerprint density at radius 1 is 1.10 bits per heavy atom. The van der Waals surface area contributed by atoms with Crippen molar-refractivity contribution in [1.82, 2.24) is 9.80 Å². The molecule has 0 radical (unpaired) electrons. The standard InChI is InChI=1S/C15H27N3O2/c16-13-3-1-2-12(10-13)15(19)18-5-4-14(11-18)17-6-8-20-9-7-17/h12-14H,1-11,16H2. The fourth-order valence-corrected chi connectivity index (χ4v) is 3.89. The molecule has 20 heavy (non-hydrogen) atoms. The number of rotatable bonds is 2. The number of likely N-dealkylation sites (tertiary alicyclic amines) is 1. The number of hydrogen-bond acceptors (Lipinski definition) is 4. The molecule has 3 fully saturated rings. The van der Waals surface area contributed by atoms with Crippen LogP contribution < -0.4 is 5.73 Å². The van der Waals surface area contributed by atoms with Gasteiger partial charge in [0.05, 0.1) is 13.2 Å². The van der Waals surface area contributed by atoms with Gasteiger partial charge in [-0.3, -0.25) is 9.69 Å². The molecule has 2 heterocycles. The van der Waals surface area contributed by atoms with E-state index < -0.39 is 0 Å². The number of hydrogen-bond donors (Lipinski definition) is 1. The Balaban J connectivity index is 1.52. The van der Waals surface area contributed by atoms with Crippen molar-refractivity contribution in [2.75, 3.05) is 39.4 Å². The Morgan fingerprint density at radius 3 is 2.65 bits per heavy atom. The maximum Gasteiger partial charge on any atom is 0.225 e. The number of nitrogens with two attached hydrogens (primary N) is 1. The monoisotopic (exact) mass is 281 g/mol. The molecule has 0 aromatic heterocycles. The summed E-state index contributed by atoms with van der Waals surface area (Å²) in [5.41, 5.74) is 6.01. The van der Waals surface area contributed by atoms with E-state index in [2.05, 4.69) is 9.80 Å². The molecule has 0 spiro atoms. The van der Waals surface area contributed by atoms with Crippen LogP contribution >= 0.6 is 0 Å². The summed E-state index contributed by atoms with van der Waals surface area (Å²) in [6.07, 6.45) is 5.23. The molecule has 1 aliphatic carbocycles. The molecule has 5 nitrogen and oxygen atoms in total. The second kappa shape index (κ2) is 6.41. The van der Waals surface area contributed by atoms with Crippen LogP contribution in [0.25, 0.3) is 0 Å². The number of carbonyl (C=O) groups is 1. The Morgan fingerprint density at radius 2 is 1.90 bits per heavy atom. The van der Waals surface area contributed by atoms with Crippen LogP contribution in [0.4, 0.5) is 0 Å². The summed E-state index contributed by atoms with van der Waals surface area (Å²) < 4.78 is 5.40. The van der Waals surface area contributed by atoms with Crippen LogP contribution in [0.2, 0.25) is 0 Å². The van der Waals surface area contributed by atoms with E-state index in [4.69, 9.17) is 10.5 Å². The quantitative estimate of drug-likeness (QED) is 0.798. The van der Waals surface area contributed by atoms with Gasteiger partial charge in [0, 0.05) is 44.2 Å². The molecule has 0 aromatic rings. The molecule has 3 atom stereocenters. The van der Waals surface area contributed by atoms with Crippen LogP contribution in [0.5, 0.6) is 0 Å². The van der Waals surface area contributed by atoms with Gasteiger partial charge in [-0.15, -0.1) is 0 Å². The second-order valence-corrected chi connectivity index (χ2v) is 6.50. The Kier molecular flexibility index (Phi) is 4.58. The van der Waals surface area contributed by atoms with E-state index in [1.165, 1.54) is 0 Å². The molecule has 2 saturated heterocycles. The third kappa shape index (κ3) is 3.15. The third-order valence-corrected chi connectivity index (χ3v) is 5.10. The van der Waals surface area contributed by atoms with Gasteiger partial charge < -0.3 is 15.4 Å². The van der Waals surface area contributed by atoms with Gasteiger partial charge >= 0.3 is 0 Å². The molecule has 3 rings (SSSR count). The molecule has 0 aromatic carbocycles. The minimum absolute atomic E-state index is 0.183. The highest BCUT2D eigenvalue weighted by Crippen LogP contribution is 2.27. The molecule has 1 saturated carbocycles. The van der Waals surface area contributed by atoms with Gasteiger partial charge in [-0.1, -0.05) is 6.42 Å². The summed E-state index contributed by atoms with van der Waals surface area (Å²) >= 11 is 0. The lowest BCUT2D eigenvalue weighted by Gasteiger charge is -2.33. The first-order chi connectivity index (χ1) is 9.74. The van der Waals surface area contributed by atoms with E-state index in [0.29, 0.717) is 11.9 Å². The van der Waals surface area contributed by atoms with Gasteiger partial charge in [0.25, 0.3) is 0 Å². The smallest absolute Gasteiger partial charge is 0.225 e. The van der Waals surface area contributed by atoms with Crippen molar-refractivity contribution in [2.45, 2.75) is 44.2 Å². The zero-order valence-corrected chi connectivity index (χ0v) is 12.3. The van der Waals surface area contributed by atoms with Crippen LogP contribution in [0.1, 0.15) is 32.1 Å². The zero-order valence-electron chi connectivity index (χ0n) is 12.3. The number of morpholine rings is 1. The zero-order chi connectivity index (χ0) is 13.9. The first-order valence-corrected chi connectivity index (χ1v) is 8.10. The van der Waals surface area contributed by atoms with Crippen LogP contribution in [-0.2, 0) is 9.53 Å². The average molecular weight is 281 g/mol. The first kappa shape index (κ1) is 14.3. The second-order valence-electron chi connectivity index (χ2n) is 6.50. The molecule has 2 N–H and O–H groups in total. The number of carbonyl (C=O) groups excluding carboxylic acids is 1. The molecule has 3 aliphatic rings. The van der Waals surface area contributed by atoms with Crippen LogP contribution in [0, 0.1) is 5.92 Å². The van der Waals surface area contributed by atoms with E-state index in [9.17, 15) is 4.79 Å². The number of ether oxygens (including phenoxy) is 1. The number of amides is 1. The minimum atomic E-state index is 0.183. The van der Waals surface area contributed by atoms with Gasteiger partial charge in [0.15, 0.2) is 0 Å². The van der Waals surface area contributed by atoms with E-state index in [1.54, 1.807) is 0 Å². The van der Waals surface area contributed by atoms with Crippen molar-refractivity contribution in [3.63, 3.8) is 0 Å². The van der Waals surface area contributed by atoms with Crippen molar-refractivity contribution < 1.29 is 9.53 Å². The largest absolute Gasteiger partial charge is 0.379 e. The molecular formula is C15H27N3O2. The molecule has 0 bridgehead atoms. The van der Waals surface area contributed by atoms with Crippen LogP contribution in [0.3, 0.4) is 0 Å². The predicted octanol–water partition coefficient (Wildman–Crippen LogP) is 0.437. The Bertz CT molecular complexity index is 344. The third-order valence-electron chi connectivity index (χ3n) is 5.10. The van der Waals surface area contributed by atoms with Crippen LogP contribution in [0.15, 0.2) is 0 Å². The van der Waals surface area contributed by atoms with E-state index >= 15 is 0 Å². The summed E-state index contributed by atoms with van der Waals surface area (Å²) in [6, 6.07) is 0.774. The van der Waals surface area contributed by atoms with Gasteiger partial charge in [-0.25, -0.2) is 0 Å². The molecule has 5 heteroatoms. The lowest BCUT2D eigenvalue weighted by Crippen LogP contribution is -2.46. The maximum atomic E-state index is 12.6. The molecular weight excluding hydrogens is 254 g/mol. The maximum absolute atomic E-state index is 12.6. The fourth-order valence-electron chi connectivity index (χ4n) is 3.89. The minimum Gasteiger partial charge on any atom is -0.379 e. The van der Waals surface area contributed by atoms with Crippen molar-refractivity contribution in [3.8, 4) is 0 Å². The first-order valence-electron chi connectivity index (χ1n) is 8.10. The SMILES string of the molecule is NC1CCCC(C(=O)N2CCC(N3CCOCC3)C2)C1. The van der Waals surface area contributed by atoms with Crippen molar-refractivity contribution in [1.29, 1.82) is 0 Å². The van der Waals surface area contributed by atoms with Crippen molar-refractivity contribution >= 4 is 5.91 Å². The van der Waals surface area contributed by atoms with Gasteiger partial charge in [0.1, 0.15) is 0 Å². The van der Waals surface area contributed by atoms with E-state index in [-0.39, 0.29) is 12.0 Å². The average Bonchev–Trinajstić information content (AvgIpc) is 2.97. The van der Waals surface area contributed by atoms with E-state index in [1.807, 2.05) is 0 Å².